The van der Waals surface area contributed by atoms with Gasteiger partial charge in [-0.15, -0.1) is 11.3 Å². The Kier molecular flexibility index (Phi) is 2.97. The lowest BCUT2D eigenvalue weighted by atomic mass is 10.3. The number of carboxylic acids is 1. The molecule has 0 aliphatic carbocycles. The molecular formula is C11H9NO4S. The van der Waals surface area contributed by atoms with Gasteiger partial charge in [-0.2, -0.15) is 0 Å². The van der Waals surface area contributed by atoms with Crippen molar-refractivity contribution in [2.24, 2.45) is 0 Å². The predicted molar refractivity (Wildman–Crippen MR) is 62.7 cm³/mol. The van der Waals surface area contributed by atoms with Crippen LogP contribution in [0.15, 0.2) is 28.0 Å². The highest BCUT2D eigenvalue weighted by atomic mass is 32.1. The molecule has 0 radical (unpaired) electrons. The number of nitrogens with one attached hydrogen (secondary N) is 1. The van der Waals surface area contributed by atoms with Crippen LogP contribution in [0.25, 0.3) is 0 Å². The monoisotopic (exact) mass is 251 g/mol. The van der Waals surface area contributed by atoms with E-state index >= 15 is 0 Å². The fourth-order valence-corrected chi connectivity index (χ4v) is 2.00. The van der Waals surface area contributed by atoms with Crippen molar-refractivity contribution in [3.8, 4) is 0 Å². The number of anilines is 1. The Morgan fingerprint density at radius 1 is 1.35 bits per heavy atom. The summed E-state index contributed by atoms with van der Waals surface area (Å²) < 4.78 is 5.14. The van der Waals surface area contributed by atoms with Crippen molar-refractivity contribution in [2.45, 2.75) is 6.92 Å². The van der Waals surface area contributed by atoms with Crippen LogP contribution in [0.1, 0.15) is 26.0 Å². The van der Waals surface area contributed by atoms with Crippen LogP contribution in [-0.2, 0) is 0 Å². The lowest BCUT2D eigenvalue weighted by Crippen LogP contribution is -2.12. The first kappa shape index (κ1) is 11.4. The highest BCUT2D eigenvalue weighted by Gasteiger charge is 2.16. The van der Waals surface area contributed by atoms with Crippen molar-refractivity contribution >= 4 is 28.9 Å². The summed E-state index contributed by atoms with van der Waals surface area (Å²) in [6.45, 7) is 1.73. The predicted octanol–water partition coefficient (Wildman–Crippen LogP) is 2.60. The van der Waals surface area contributed by atoms with Gasteiger partial charge in [0.15, 0.2) is 5.76 Å². The van der Waals surface area contributed by atoms with Gasteiger partial charge in [-0.1, -0.05) is 0 Å². The Labute approximate surface area is 101 Å². The van der Waals surface area contributed by atoms with E-state index in [-0.39, 0.29) is 16.3 Å². The van der Waals surface area contributed by atoms with E-state index < -0.39 is 11.9 Å². The Morgan fingerprint density at radius 2 is 2.12 bits per heavy atom. The number of hydrogen-bond acceptors (Lipinski definition) is 4. The number of carbonyl (C=O) groups excluding carboxylic acids is 1. The van der Waals surface area contributed by atoms with Gasteiger partial charge in [0.1, 0.15) is 10.6 Å². The molecule has 2 aromatic rings. The van der Waals surface area contributed by atoms with Crippen LogP contribution in [0.2, 0.25) is 0 Å². The van der Waals surface area contributed by atoms with Gasteiger partial charge < -0.3 is 14.8 Å². The molecule has 6 heteroatoms. The second kappa shape index (κ2) is 4.42. The van der Waals surface area contributed by atoms with Crippen molar-refractivity contribution in [3.63, 3.8) is 0 Å². The van der Waals surface area contributed by atoms with E-state index in [1.54, 1.807) is 24.4 Å². The number of carbonyl (C=O) groups is 2. The van der Waals surface area contributed by atoms with Crippen molar-refractivity contribution in [1.29, 1.82) is 0 Å². The number of amides is 1. The number of thiophene rings is 1. The zero-order chi connectivity index (χ0) is 12.4. The minimum absolute atomic E-state index is 0.0987. The number of furan rings is 1. The van der Waals surface area contributed by atoms with Crippen molar-refractivity contribution in [3.05, 3.63) is 40.0 Å². The lowest BCUT2D eigenvalue weighted by molar-refractivity contribution is 0.0703. The fraction of sp³-hybridized carbons (Fsp3) is 0.0909. The molecule has 0 aliphatic heterocycles. The summed E-state index contributed by atoms with van der Waals surface area (Å²) in [5.41, 5.74) is 0.279. The second-order valence-corrected chi connectivity index (χ2v) is 4.25. The van der Waals surface area contributed by atoms with Crippen molar-refractivity contribution < 1.29 is 19.1 Å². The summed E-state index contributed by atoms with van der Waals surface area (Å²) >= 11 is 1.06. The van der Waals surface area contributed by atoms with Gasteiger partial charge in [0.2, 0.25) is 0 Å². The number of carboxylic acid groups (broad SMARTS) is 1. The molecule has 5 nitrogen and oxygen atoms in total. The number of aryl methyl sites for hydroxylation is 1. The molecule has 0 saturated heterocycles. The zero-order valence-corrected chi connectivity index (χ0v) is 9.71. The summed E-state index contributed by atoms with van der Waals surface area (Å²) in [6, 6.07) is 4.75. The van der Waals surface area contributed by atoms with Crippen LogP contribution in [0.3, 0.4) is 0 Å². The van der Waals surface area contributed by atoms with Gasteiger partial charge >= 0.3 is 5.97 Å². The second-order valence-electron chi connectivity index (χ2n) is 3.33. The van der Waals surface area contributed by atoms with Crippen molar-refractivity contribution in [1.82, 2.24) is 0 Å². The van der Waals surface area contributed by atoms with Gasteiger partial charge in [-0.3, -0.25) is 4.79 Å². The first-order chi connectivity index (χ1) is 8.08. The van der Waals surface area contributed by atoms with Crippen LogP contribution in [-0.4, -0.2) is 17.0 Å². The number of rotatable bonds is 3. The van der Waals surface area contributed by atoms with Gasteiger partial charge in [0.25, 0.3) is 5.91 Å². The molecule has 0 bridgehead atoms. The molecule has 88 valence electrons. The number of aromatic carboxylic acids is 1. The van der Waals surface area contributed by atoms with Gasteiger partial charge in [-0.25, -0.2) is 4.79 Å². The van der Waals surface area contributed by atoms with Crippen LogP contribution < -0.4 is 5.32 Å². The molecular weight excluding hydrogens is 242 g/mol. The Balaban J connectivity index is 2.18. The fourth-order valence-electron chi connectivity index (χ4n) is 1.31. The highest BCUT2D eigenvalue weighted by molar-refractivity contribution is 7.12. The third-order valence-electron chi connectivity index (χ3n) is 2.07. The SMILES string of the molecule is Cc1ccc(C(=O)Nc2ccsc2C(=O)O)o1. The summed E-state index contributed by atoms with van der Waals surface area (Å²) in [6.07, 6.45) is 0. The maximum atomic E-state index is 11.7. The molecule has 2 rings (SSSR count). The first-order valence-corrected chi connectivity index (χ1v) is 5.64. The minimum atomic E-state index is -1.06. The van der Waals surface area contributed by atoms with E-state index in [0.29, 0.717) is 5.76 Å². The topological polar surface area (TPSA) is 79.5 Å². The Morgan fingerprint density at radius 3 is 2.71 bits per heavy atom. The molecule has 2 aromatic heterocycles. The average Bonchev–Trinajstić information content (AvgIpc) is 2.86. The van der Waals surface area contributed by atoms with Gasteiger partial charge in [0.05, 0.1) is 5.69 Å². The lowest BCUT2D eigenvalue weighted by Gasteiger charge is -2.01. The molecule has 1 amide bonds. The Bertz CT molecular complexity index is 570. The molecule has 2 heterocycles. The molecule has 0 spiro atoms. The van der Waals surface area contributed by atoms with Gasteiger partial charge in [-0.05, 0) is 30.5 Å². The van der Waals surface area contributed by atoms with E-state index in [1.807, 2.05) is 0 Å². The largest absolute Gasteiger partial charge is 0.477 e. The summed E-state index contributed by atoms with van der Waals surface area (Å²) in [7, 11) is 0. The third-order valence-corrected chi connectivity index (χ3v) is 2.97. The third kappa shape index (κ3) is 2.36. The molecule has 0 atom stereocenters. The quantitative estimate of drug-likeness (QED) is 0.878. The summed E-state index contributed by atoms with van der Waals surface area (Å²) in [5.74, 6) is -0.742. The van der Waals surface area contributed by atoms with Gasteiger partial charge in [0, 0.05) is 0 Å². The standard InChI is InChI=1S/C11H9NO4S/c1-6-2-3-8(16-6)10(13)12-7-4-5-17-9(7)11(14)15/h2-5H,1H3,(H,12,13)(H,14,15). The van der Waals surface area contributed by atoms with E-state index in [1.165, 1.54) is 6.07 Å². The van der Waals surface area contributed by atoms with Crippen LogP contribution >= 0.6 is 11.3 Å². The highest BCUT2D eigenvalue weighted by Crippen LogP contribution is 2.23. The zero-order valence-electron chi connectivity index (χ0n) is 8.89. The molecule has 0 unspecified atom stereocenters. The molecule has 0 aromatic carbocycles. The number of hydrogen-bond donors (Lipinski definition) is 2. The minimum Gasteiger partial charge on any atom is -0.477 e. The molecule has 0 aliphatic rings. The van der Waals surface area contributed by atoms with Crippen molar-refractivity contribution in [2.75, 3.05) is 5.32 Å². The van der Waals surface area contributed by atoms with Crippen LogP contribution in [0.4, 0.5) is 5.69 Å². The van der Waals surface area contributed by atoms with E-state index in [9.17, 15) is 9.59 Å². The van der Waals surface area contributed by atoms with E-state index in [2.05, 4.69) is 5.32 Å². The van der Waals surface area contributed by atoms with Crippen LogP contribution in [0.5, 0.6) is 0 Å². The maximum absolute atomic E-state index is 11.7. The summed E-state index contributed by atoms with van der Waals surface area (Å²) in [4.78, 5) is 22.6. The first-order valence-electron chi connectivity index (χ1n) is 4.76. The van der Waals surface area contributed by atoms with E-state index in [4.69, 9.17) is 9.52 Å². The van der Waals surface area contributed by atoms with Crippen LogP contribution in [0, 0.1) is 6.92 Å². The Hall–Kier alpha value is -2.08. The molecule has 2 N–H and O–H groups in total. The molecule has 17 heavy (non-hydrogen) atoms. The average molecular weight is 251 g/mol. The smallest absolute Gasteiger partial charge is 0.348 e. The normalized spacial score (nSPS) is 10.2. The molecule has 0 fully saturated rings. The molecule has 0 saturated carbocycles. The van der Waals surface area contributed by atoms with E-state index in [0.717, 1.165) is 11.3 Å². The maximum Gasteiger partial charge on any atom is 0.348 e. The summed E-state index contributed by atoms with van der Waals surface area (Å²) in [5, 5.41) is 13.0.